The van der Waals surface area contributed by atoms with Gasteiger partial charge < -0.3 is 14.8 Å². The molecular formula is C18H18N2O6. The minimum atomic E-state index is -0.697. The lowest BCUT2D eigenvalue weighted by Crippen LogP contribution is -2.23. The van der Waals surface area contributed by atoms with Crippen LogP contribution in [0.5, 0.6) is 5.75 Å². The highest BCUT2D eigenvalue weighted by Gasteiger charge is 2.11. The van der Waals surface area contributed by atoms with Crippen LogP contribution in [0.1, 0.15) is 11.1 Å². The van der Waals surface area contributed by atoms with Crippen molar-refractivity contribution >= 4 is 23.3 Å². The van der Waals surface area contributed by atoms with Crippen LogP contribution < -0.4 is 10.1 Å². The molecule has 8 nitrogen and oxygen atoms in total. The number of nitrogens with one attached hydrogen (secondary N) is 1. The molecule has 0 fully saturated rings. The average molecular weight is 358 g/mol. The molecule has 0 bridgehead atoms. The second-order valence-corrected chi connectivity index (χ2v) is 5.55. The van der Waals surface area contributed by atoms with E-state index in [1.807, 2.05) is 19.9 Å². The molecule has 1 amide bonds. The zero-order valence-corrected chi connectivity index (χ0v) is 14.4. The summed E-state index contributed by atoms with van der Waals surface area (Å²) in [7, 11) is 0. The van der Waals surface area contributed by atoms with Gasteiger partial charge in [0.15, 0.2) is 13.2 Å². The number of nitrogens with zero attached hydrogens (tertiary/aromatic N) is 1. The molecule has 0 aromatic heterocycles. The van der Waals surface area contributed by atoms with Crippen molar-refractivity contribution in [3.05, 3.63) is 63.7 Å². The number of non-ortho nitro benzene ring substituents is 1. The molecule has 0 radical (unpaired) electrons. The van der Waals surface area contributed by atoms with Gasteiger partial charge in [-0.25, -0.2) is 4.79 Å². The highest BCUT2D eigenvalue weighted by molar-refractivity contribution is 5.93. The SMILES string of the molecule is Cc1ccc(OCC(=O)OCC(=O)Nc2cccc([N+](=O)[O-])c2)cc1C. The van der Waals surface area contributed by atoms with Crippen LogP contribution in [0.25, 0.3) is 0 Å². The maximum atomic E-state index is 11.8. The molecule has 0 heterocycles. The molecule has 2 aromatic carbocycles. The van der Waals surface area contributed by atoms with Crippen molar-refractivity contribution in [2.24, 2.45) is 0 Å². The Morgan fingerprint density at radius 2 is 1.85 bits per heavy atom. The maximum absolute atomic E-state index is 11.8. The molecule has 0 atom stereocenters. The van der Waals surface area contributed by atoms with Crippen LogP contribution in [0, 0.1) is 24.0 Å². The fraction of sp³-hybridized carbons (Fsp3) is 0.222. The van der Waals surface area contributed by atoms with E-state index in [4.69, 9.17) is 9.47 Å². The molecule has 0 spiro atoms. The number of hydrogen-bond acceptors (Lipinski definition) is 6. The summed E-state index contributed by atoms with van der Waals surface area (Å²) >= 11 is 0. The summed E-state index contributed by atoms with van der Waals surface area (Å²) in [6.07, 6.45) is 0. The quantitative estimate of drug-likeness (QED) is 0.463. The van der Waals surface area contributed by atoms with Gasteiger partial charge in [-0.05, 0) is 43.2 Å². The monoisotopic (exact) mass is 358 g/mol. The average Bonchev–Trinajstić information content (AvgIpc) is 2.61. The highest BCUT2D eigenvalue weighted by Crippen LogP contribution is 2.17. The normalized spacial score (nSPS) is 10.1. The van der Waals surface area contributed by atoms with Crippen molar-refractivity contribution in [3.63, 3.8) is 0 Å². The predicted molar refractivity (Wildman–Crippen MR) is 94.1 cm³/mol. The molecule has 1 N–H and O–H groups in total. The van der Waals surface area contributed by atoms with Gasteiger partial charge >= 0.3 is 5.97 Å². The number of carbonyl (C=O) groups excluding carboxylic acids is 2. The zero-order chi connectivity index (χ0) is 19.1. The van der Waals surface area contributed by atoms with E-state index in [1.54, 1.807) is 12.1 Å². The van der Waals surface area contributed by atoms with Crippen LogP contribution in [-0.2, 0) is 14.3 Å². The number of nitro groups is 1. The molecule has 2 rings (SSSR count). The Hall–Kier alpha value is -3.42. The molecule has 0 aliphatic heterocycles. The first-order valence-electron chi connectivity index (χ1n) is 7.75. The highest BCUT2D eigenvalue weighted by atomic mass is 16.6. The van der Waals surface area contributed by atoms with Crippen LogP contribution in [0.15, 0.2) is 42.5 Å². The summed E-state index contributed by atoms with van der Waals surface area (Å²) in [5, 5.41) is 13.1. The summed E-state index contributed by atoms with van der Waals surface area (Å²) in [5.74, 6) is -0.770. The summed E-state index contributed by atoms with van der Waals surface area (Å²) < 4.78 is 10.1. The van der Waals surface area contributed by atoms with Gasteiger partial charge in [-0.1, -0.05) is 12.1 Å². The lowest BCUT2D eigenvalue weighted by molar-refractivity contribution is -0.384. The fourth-order valence-corrected chi connectivity index (χ4v) is 2.03. The molecule has 0 aliphatic carbocycles. The van der Waals surface area contributed by atoms with Crippen LogP contribution in [0.4, 0.5) is 11.4 Å². The number of benzene rings is 2. The molecule has 136 valence electrons. The Morgan fingerprint density at radius 3 is 2.54 bits per heavy atom. The number of nitro benzene ring substituents is 1. The van der Waals surface area contributed by atoms with E-state index in [2.05, 4.69) is 5.32 Å². The molecule has 2 aromatic rings. The Kier molecular flexibility index (Phi) is 6.26. The van der Waals surface area contributed by atoms with E-state index in [-0.39, 0.29) is 18.0 Å². The van der Waals surface area contributed by atoms with E-state index in [1.165, 1.54) is 24.3 Å². The van der Waals surface area contributed by atoms with Gasteiger partial charge in [0.2, 0.25) is 0 Å². The second-order valence-electron chi connectivity index (χ2n) is 5.55. The van der Waals surface area contributed by atoms with Crippen LogP contribution in [-0.4, -0.2) is 30.0 Å². The van der Waals surface area contributed by atoms with Gasteiger partial charge in [-0.2, -0.15) is 0 Å². The number of carbonyl (C=O) groups is 2. The van der Waals surface area contributed by atoms with Crippen LogP contribution >= 0.6 is 0 Å². The minimum Gasteiger partial charge on any atom is -0.482 e. The van der Waals surface area contributed by atoms with Gasteiger partial charge in [0, 0.05) is 17.8 Å². The number of ether oxygens (including phenoxy) is 2. The molecular weight excluding hydrogens is 340 g/mol. The third-order valence-corrected chi connectivity index (χ3v) is 3.54. The summed E-state index contributed by atoms with van der Waals surface area (Å²) in [6.45, 7) is 3.05. The third-order valence-electron chi connectivity index (χ3n) is 3.54. The van der Waals surface area contributed by atoms with Gasteiger partial charge in [0.1, 0.15) is 5.75 Å². The van der Waals surface area contributed by atoms with Crippen molar-refractivity contribution in [1.29, 1.82) is 0 Å². The largest absolute Gasteiger partial charge is 0.482 e. The van der Waals surface area contributed by atoms with Crippen molar-refractivity contribution < 1.29 is 24.0 Å². The summed E-state index contributed by atoms with van der Waals surface area (Å²) in [6, 6.07) is 10.9. The topological polar surface area (TPSA) is 108 Å². The van der Waals surface area contributed by atoms with E-state index in [0.29, 0.717) is 5.75 Å². The second kappa shape index (κ2) is 8.61. The van der Waals surface area contributed by atoms with Gasteiger partial charge in [0.05, 0.1) is 4.92 Å². The van der Waals surface area contributed by atoms with Gasteiger partial charge in [-0.15, -0.1) is 0 Å². The number of esters is 1. The maximum Gasteiger partial charge on any atom is 0.344 e. The number of rotatable bonds is 7. The fourth-order valence-electron chi connectivity index (χ4n) is 2.03. The van der Waals surface area contributed by atoms with E-state index in [0.717, 1.165) is 11.1 Å². The molecule has 0 unspecified atom stereocenters. The van der Waals surface area contributed by atoms with Crippen molar-refractivity contribution in [2.75, 3.05) is 18.5 Å². The summed E-state index contributed by atoms with van der Waals surface area (Å²) in [5.41, 5.74) is 2.23. The Balaban J connectivity index is 1.77. The number of hydrogen-bond donors (Lipinski definition) is 1. The first-order valence-corrected chi connectivity index (χ1v) is 7.75. The number of anilines is 1. The standard InChI is InChI=1S/C18H18N2O6/c1-12-6-7-16(8-13(12)2)25-11-18(22)26-10-17(21)19-14-4-3-5-15(9-14)20(23)24/h3-9H,10-11H2,1-2H3,(H,19,21). The van der Waals surface area contributed by atoms with Crippen molar-refractivity contribution in [1.82, 2.24) is 0 Å². The van der Waals surface area contributed by atoms with Gasteiger partial charge in [0.25, 0.3) is 11.6 Å². The number of aryl methyl sites for hydroxylation is 2. The molecule has 0 saturated heterocycles. The minimum absolute atomic E-state index is 0.151. The first kappa shape index (κ1) is 18.9. The smallest absolute Gasteiger partial charge is 0.344 e. The van der Waals surface area contributed by atoms with Crippen LogP contribution in [0.2, 0.25) is 0 Å². The molecule has 0 aliphatic rings. The molecule has 8 heteroatoms. The van der Waals surface area contributed by atoms with Crippen molar-refractivity contribution in [3.8, 4) is 5.75 Å². The Morgan fingerprint density at radius 1 is 1.08 bits per heavy atom. The molecule has 26 heavy (non-hydrogen) atoms. The zero-order valence-electron chi connectivity index (χ0n) is 14.4. The van der Waals surface area contributed by atoms with E-state index >= 15 is 0 Å². The van der Waals surface area contributed by atoms with E-state index in [9.17, 15) is 19.7 Å². The van der Waals surface area contributed by atoms with Crippen molar-refractivity contribution in [2.45, 2.75) is 13.8 Å². The van der Waals surface area contributed by atoms with Gasteiger partial charge in [-0.3, -0.25) is 14.9 Å². The molecule has 0 saturated carbocycles. The van der Waals surface area contributed by atoms with E-state index < -0.39 is 23.4 Å². The summed E-state index contributed by atoms with van der Waals surface area (Å²) in [4.78, 5) is 33.5. The van der Waals surface area contributed by atoms with Crippen LogP contribution in [0.3, 0.4) is 0 Å². The Bertz CT molecular complexity index is 834. The number of amides is 1. The Labute approximate surface area is 149 Å². The lowest BCUT2D eigenvalue weighted by atomic mass is 10.1. The predicted octanol–water partition coefficient (Wildman–Crippen LogP) is 2.77. The third kappa shape index (κ3) is 5.59. The first-order chi connectivity index (χ1) is 12.3. The lowest BCUT2D eigenvalue weighted by Gasteiger charge is -2.09.